The van der Waals surface area contributed by atoms with E-state index in [1.807, 2.05) is 13.0 Å². The largest absolute Gasteiger partial charge is 0.392 e. The quantitative estimate of drug-likeness (QED) is 0.813. The molecular weight excluding hydrogens is 234 g/mol. The van der Waals surface area contributed by atoms with E-state index in [0.29, 0.717) is 16.9 Å². The molecule has 0 fully saturated rings. The normalized spacial score (nSPS) is 13.8. The van der Waals surface area contributed by atoms with Gasteiger partial charge >= 0.3 is 0 Å². The molecule has 0 saturated heterocycles. The average molecular weight is 249 g/mol. The van der Waals surface area contributed by atoms with Crippen molar-refractivity contribution < 1.29 is 9.90 Å². The van der Waals surface area contributed by atoms with E-state index in [2.05, 4.69) is 0 Å². The lowest BCUT2D eigenvalue weighted by molar-refractivity contribution is 0.102. The smallest absolute Gasteiger partial charge is 0.172 e. The van der Waals surface area contributed by atoms with Gasteiger partial charge in [-0.25, -0.2) is 0 Å². The molecule has 1 aromatic rings. The number of aliphatic hydroxyl groups excluding tert-OH is 1. The third-order valence-corrected chi connectivity index (χ3v) is 3.84. The van der Waals surface area contributed by atoms with E-state index in [1.54, 1.807) is 31.2 Å². The molecule has 0 aromatic heterocycles. The molecule has 0 radical (unpaired) electrons. The molecule has 0 aliphatic rings. The minimum Gasteiger partial charge on any atom is -0.392 e. The maximum atomic E-state index is 11.8. The summed E-state index contributed by atoms with van der Waals surface area (Å²) >= 11 is 1.43. The zero-order chi connectivity index (χ0) is 12.8. The zero-order valence-corrected chi connectivity index (χ0v) is 10.7. The number of Topliss-reactive ketones (excluding diaryl/α,β-unsaturated/α-hetero) is 1. The molecule has 0 saturated carbocycles. The second-order valence-corrected chi connectivity index (χ2v) is 5.23. The predicted octanol–water partition coefficient (Wildman–Crippen LogP) is 2.24. The van der Waals surface area contributed by atoms with Gasteiger partial charge in [0.05, 0.1) is 23.5 Å². The highest BCUT2D eigenvalue weighted by molar-refractivity contribution is 8.00. The number of aliphatic hydroxyl groups is 1. The van der Waals surface area contributed by atoms with E-state index in [1.165, 1.54) is 11.8 Å². The van der Waals surface area contributed by atoms with Crippen LogP contribution in [0.1, 0.15) is 29.8 Å². The Bertz CT molecular complexity index is 420. The van der Waals surface area contributed by atoms with Crippen LogP contribution in [0.2, 0.25) is 0 Å². The number of nitrogens with zero attached hydrogens (tertiary/aromatic N) is 1. The van der Waals surface area contributed by atoms with Crippen LogP contribution in [-0.4, -0.2) is 28.0 Å². The van der Waals surface area contributed by atoms with Gasteiger partial charge in [-0.3, -0.25) is 4.79 Å². The Kier molecular flexibility index (Phi) is 5.20. The lowest BCUT2D eigenvalue weighted by Crippen LogP contribution is -2.17. The van der Waals surface area contributed by atoms with Crippen LogP contribution in [0, 0.1) is 11.3 Å². The molecule has 0 bridgehead atoms. The predicted molar refractivity (Wildman–Crippen MR) is 69.1 cm³/mol. The molecule has 0 aliphatic carbocycles. The van der Waals surface area contributed by atoms with Gasteiger partial charge in [0.2, 0.25) is 0 Å². The summed E-state index contributed by atoms with van der Waals surface area (Å²) in [5.74, 6) is 0.366. The number of benzene rings is 1. The van der Waals surface area contributed by atoms with Crippen LogP contribution in [0.3, 0.4) is 0 Å². The molecule has 1 N–H and O–H groups in total. The summed E-state index contributed by atoms with van der Waals surface area (Å²) in [6.07, 6.45) is -0.422. The maximum absolute atomic E-state index is 11.8. The van der Waals surface area contributed by atoms with Gasteiger partial charge in [-0.2, -0.15) is 5.26 Å². The molecular formula is C13H15NO2S. The van der Waals surface area contributed by atoms with Gasteiger partial charge < -0.3 is 5.11 Å². The van der Waals surface area contributed by atoms with E-state index >= 15 is 0 Å². The number of nitriles is 1. The first kappa shape index (κ1) is 13.8. The molecule has 4 heteroatoms. The number of thioether (sulfide) groups is 1. The molecule has 17 heavy (non-hydrogen) atoms. The van der Waals surface area contributed by atoms with Crippen LogP contribution >= 0.6 is 11.8 Å². The summed E-state index contributed by atoms with van der Waals surface area (Å²) in [4.78, 5) is 11.8. The van der Waals surface area contributed by atoms with Gasteiger partial charge in [-0.05, 0) is 19.1 Å². The highest BCUT2D eigenvalue weighted by Gasteiger charge is 2.12. The van der Waals surface area contributed by atoms with Gasteiger partial charge in [0, 0.05) is 10.8 Å². The molecule has 1 aromatic carbocycles. The van der Waals surface area contributed by atoms with Crippen LogP contribution < -0.4 is 0 Å². The molecule has 0 amide bonds. The second kappa shape index (κ2) is 6.43. The number of hydrogen-bond donors (Lipinski definition) is 1. The number of hydrogen-bond acceptors (Lipinski definition) is 4. The highest BCUT2D eigenvalue weighted by atomic mass is 32.2. The Morgan fingerprint density at radius 1 is 1.41 bits per heavy atom. The third kappa shape index (κ3) is 4.22. The van der Waals surface area contributed by atoms with Gasteiger partial charge in [-0.15, -0.1) is 11.8 Å². The van der Waals surface area contributed by atoms with Gasteiger partial charge in [0.1, 0.15) is 0 Å². The fourth-order valence-electron chi connectivity index (χ4n) is 1.16. The first-order valence-electron chi connectivity index (χ1n) is 5.37. The van der Waals surface area contributed by atoms with Crippen molar-refractivity contribution in [2.24, 2.45) is 0 Å². The maximum Gasteiger partial charge on any atom is 0.172 e. The first-order chi connectivity index (χ1) is 8.04. The van der Waals surface area contributed by atoms with Crippen molar-refractivity contribution in [1.82, 2.24) is 0 Å². The van der Waals surface area contributed by atoms with Crippen molar-refractivity contribution in [1.29, 1.82) is 5.26 Å². The Hall–Kier alpha value is -1.31. The van der Waals surface area contributed by atoms with Crippen molar-refractivity contribution in [2.75, 3.05) is 5.75 Å². The Morgan fingerprint density at radius 3 is 2.47 bits per heavy atom. The third-order valence-electron chi connectivity index (χ3n) is 2.49. The number of ketones is 1. The van der Waals surface area contributed by atoms with Gasteiger partial charge in [0.25, 0.3) is 0 Å². The van der Waals surface area contributed by atoms with Gasteiger partial charge in [0.15, 0.2) is 5.78 Å². The van der Waals surface area contributed by atoms with Crippen LogP contribution in [-0.2, 0) is 0 Å². The molecule has 90 valence electrons. The second-order valence-electron chi connectivity index (χ2n) is 3.87. The molecule has 1 rings (SSSR count). The monoisotopic (exact) mass is 249 g/mol. The van der Waals surface area contributed by atoms with Crippen molar-refractivity contribution >= 4 is 17.5 Å². The summed E-state index contributed by atoms with van der Waals surface area (Å²) < 4.78 is 0. The SMILES string of the molecule is CC(O)C(C)SCC(=O)c1ccc(C#N)cc1. The standard InChI is InChI=1S/C13H15NO2S/c1-9(15)10(2)17-8-13(16)12-5-3-11(7-14)4-6-12/h3-6,9-10,15H,8H2,1-2H3. The summed E-state index contributed by atoms with van der Waals surface area (Å²) in [5, 5.41) is 18.0. The summed E-state index contributed by atoms with van der Waals surface area (Å²) in [6, 6.07) is 8.60. The number of carbonyl (C=O) groups excluding carboxylic acids is 1. The lowest BCUT2D eigenvalue weighted by Gasteiger charge is -2.13. The van der Waals surface area contributed by atoms with Crippen molar-refractivity contribution in [3.8, 4) is 6.07 Å². The van der Waals surface area contributed by atoms with Crippen LogP contribution in [0.15, 0.2) is 24.3 Å². The summed E-state index contributed by atoms with van der Waals surface area (Å²) in [6.45, 7) is 3.60. The van der Waals surface area contributed by atoms with Crippen LogP contribution in [0.25, 0.3) is 0 Å². The zero-order valence-electron chi connectivity index (χ0n) is 9.88. The molecule has 0 aliphatic heterocycles. The fourth-order valence-corrected chi connectivity index (χ4v) is 2.02. The van der Waals surface area contributed by atoms with Crippen molar-refractivity contribution in [2.45, 2.75) is 25.2 Å². The Morgan fingerprint density at radius 2 is 2.00 bits per heavy atom. The Labute approximate surface area is 105 Å². The molecule has 2 unspecified atom stereocenters. The number of carbonyl (C=O) groups is 1. The highest BCUT2D eigenvalue weighted by Crippen LogP contribution is 2.16. The molecule has 3 nitrogen and oxygen atoms in total. The van der Waals surface area contributed by atoms with Crippen LogP contribution in [0.4, 0.5) is 0 Å². The molecule has 0 spiro atoms. The van der Waals surface area contributed by atoms with E-state index in [-0.39, 0.29) is 11.0 Å². The summed E-state index contributed by atoms with van der Waals surface area (Å²) in [5.41, 5.74) is 1.15. The topological polar surface area (TPSA) is 61.1 Å². The van der Waals surface area contributed by atoms with Crippen molar-refractivity contribution in [3.63, 3.8) is 0 Å². The number of rotatable bonds is 5. The fraction of sp³-hybridized carbons (Fsp3) is 0.385. The van der Waals surface area contributed by atoms with E-state index in [9.17, 15) is 9.90 Å². The van der Waals surface area contributed by atoms with E-state index < -0.39 is 6.10 Å². The van der Waals surface area contributed by atoms with E-state index in [0.717, 1.165) is 0 Å². The lowest BCUT2D eigenvalue weighted by atomic mass is 10.1. The summed E-state index contributed by atoms with van der Waals surface area (Å²) in [7, 11) is 0. The minimum atomic E-state index is -0.422. The van der Waals surface area contributed by atoms with Crippen molar-refractivity contribution in [3.05, 3.63) is 35.4 Å². The minimum absolute atomic E-state index is 0.0204. The van der Waals surface area contributed by atoms with Crippen LogP contribution in [0.5, 0.6) is 0 Å². The Balaban J connectivity index is 2.56. The average Bonchev–Trinajstić information content (AvgIpc) is 2.35. The molecule has 0 heterocycles. The van der Waals surface area contributed by atoms with E-state index in [4.69, 9.17) is 5.26 Å². The van der Waals surface area contributed by atoms with Gasteiger partial charge in [-0.1, -0.05) is 19.1 Å². The molecule has 2 atom stereocenters. The first-order valence-corrected chi connectivity index (χ1v) is 6.42.